The van der Waals surface area contributed by atoms with Crippen LogP contribution in [0.4, 0.5) is 0 Å². The van der Waals surface area contributed by atoms with E-state index in [1.165, 1.54) is 0 Å². The molecule has 1 aliphatic rings. The summed E-state index contributed by atoms with van der Waals surface area (Å²) in [4.78, 5) is 4.43. The van der Waals surface area contributed by atoms with E-state index in [4.69, 9.17) is 9.26 Å². The number of aliphatic hydroxyl groups is 1. The molecule has 0 bridgehead atoms. The first-order valence-electron chi connectivity index (χ1n) is 8.09. The predicted octanol–water partition coefficient (Wildman–Crippen LogP) is 3.73. The van der Waals surface area contributed by atoms with Crippen LogP contribution in [0.2, 0.25) is 0 Å². The van der Waals surface area contributed by atoms with E-state index < -0.39 is 6.10 Å². The fraction of sp³-hybridized carbons (Fsp3) is 0.263. The first kappa shape index (κ1) is 14.9. The van der Waals surface area contributed by atoms with Crippen molar-refractivity contribution >= 4 is 0 Å². The fourth-order valence-electron chi connectivity index (χ4n) is 2.50. The van der Waals surface area contributed by atoms with Crippen molar-refractivity contribution in [3.05, 3.63) is 66.1 Å². The second-order valence-electron chi connectivity index (χ2n) is 5.99. The van der Waals surface area contributed by atoms with E-state index in [1.54, 1.807) is 0 Å². The molecular formula is C19H18N2O3. The number of benzene rings is 2. The number of aliphatic hydroxyl groups excluding tert-OH is 1. The van der Waals surface area contributed by atoms with Crippen LogP contribution in [0.15, 0.2) is 59.1 Å². The molecule has 5 heteroatoms. The van der Waals surface area contributed by atoms with Crippen molar-refractivity contribution in [3.63, 3.8) is 0 Å². The van der Waals surface area contributed by atoms with E-state index in [-0.39, 0.29) is 6.61 Å². The van der Waals surface area contributed by atoms with Gasteiger partial charge < -0.3 is 14.4 Å². The fourth-order valence-corrected chi connectivity index (χ4v) is 2.50. The maximum Gasteiger partial charge on any atom is 0.230 e. The van der Waals surface area contributed by atoms with Gasteiger partial charge in [-0.05, 0) is 42.7 Å². The SMILES string of the molecule is OC(COc1ccc(-c2noc(C3CC3)n2)cc1)c1ccccc1. The Morgan fingerprint density at radius 1 is 1.08 bits per heavy atom. The topological polar surface area (TPSA) is 68.4 Å². The second-order valence-corrected chi connectivity index (χ2v) is 5.99. The smallest absolute Gasteiger partial charge is 0.230 e. The molecule has 0 radical (unpaired) electrons. The highest BCUT2D eigenvalue weighted by Gasteiger charge is 2.29. The third kappa shape index (κ3) is 3.31. The lowest BCUT2D eigenvalue weighted by Gasteiger charge is -2.12. The van der Waals surface area contributed by atoms with Crippen molar-refractivity contribution in [2.24, 2.45) is 0 Å². The van der Waals surface area contributed by atoms with Gasteiger partial charge in [-0.2, -0.15) is 4.98 Å². The summed E-state index contributed by atoms with van der Waals surface area (Å²) in [7, 11) is 0. The summed E-state index contributed by atoms with van der Waals surface area (Å²) in [5.41, 5.74) is 1.73. The van der Waals surface area contributed by atoms with E-state index in [2.05, 4.69) is 10.1 Å². The molecule has 0 spiro atoms. The van der Waals surface area contributed by atoms with Crippen LogP contribution in [-0.2, 0) is 0 Å². The first-order chi connectivity index (χ1) is 11.8. The Bertz CT molecular complexity index is 795. The summed E-state index contributed by atoms with van der Waals surface area (Å²) in [5.74, 6) is 2.48. The van der Waals surface area contributed by atoms with Gasteiger partial charge in [0.15, 0.2) is 0 Å². The number of rotatable bonds is 6. The average molecular weight is 322 g/mol. The van der Waals surface area contributed by atoms with Gasteiger partial charge in [-0.1, -0.05) is 35.5 Å². The van der Waals surface area contributed by atoms with Crippen LogP contribution in [-0.4, -0.2) is 21.9 Å². The van der Waals surface area contributed by atoms with Gasteiger partial charge in [0.05, 0.1) is 0 Å². The van der Waals surface area contributed by atoms with Crippen LogP contribution in [0.25, 0.3) is 11.4 Å². The van der Waals surface area contributed by atoms with Crippen LogP contribution < -0.4 is 4.74 Å². The number of nitrogens with zero attached hydrogens (tertiary/aromatic N) is 2. The van der Waals surface area contributed by atoms with E-state index in [0.717, 1.165) is 29.9 Å². The van der Waals surface area contributed by atoms with Crippen molar-refractivity contribution in [2.45, 2.75) is 24.9 Å². The summed E-state index contributed by atoms with van der Waals surface area (Å²) in [6.45, 7) is 0.206. The Balaban J connectivity index is 1.38. The Kier molecular flexibility index (Phi) is 4.01. The highest BCUT2D eigenvalue weighted by molar-refractivity contribution is 5.55. The molecule has 0 aliphatic heterocycles. The summed E-state index contributed by atoms with van der Waals surface area (Å²) >= 11 is 0. The second kappa shape index (κ2) is 6.45. The maximum atomic E-state index is 10.1. The van der Waals surface area contributed by atoms with E-state index in [9.17, 15) is 5.11 Å². The molecule has 1 unspecified atom stereocenters. The molecule has 1 heterocycles. The average Bonchev–Trinajstić information content (AvgIpc) is 3.38. The monoisotopic (exact) mass is 322 g/mol. The summed E-state index contributed by atoms with van der Waals surface area (Å²) in [6.07, 6.45) is 1.63. The molecule has 2 aromatic carbocycles. The van der Waals surface area contributed by atoms with Crippen molar-refractivity contribution in [3.8, 4) is 17.1 Å². The van der Waals surface area contributed by atoms with Crippen LogP contribution >= 0.6 is 0 Å². The minimum atomic E-state index is -0.649. The van der Waals surface area contributed by atoms with E-state index in [0.29, 0.717) is 17.5 Å². The van der Waals surface area contributed by atoms with Crippen molar-refractivity contribution in [1.82, 2.24) is 10.1 Å². The quantitative estimate of drug-likeness (QED) is 0.749. The molecule has 1 fully saturated rings. The van der Waals surface area contributed by atoms with Gasteiger partial charge in [0.2, 0.25) is 11.7 Å². The summed E-state index contributed by atoms with van der Waals surface area (Å²) in [6, 6.07) is 17.0. The molecule has 1 saturated carbocycles. The standard InChI is InChI=1S/C19H18N2O3/c22-17(13-4-2-1-3-5-13)12-23-16-10-8-14(9-11-16)18-20-19(24-21-18)15-6-7-15/h1-5,8-11,15,17,22H,6-7,12H2. The third-order valence-corrected chi connectivity index (χ3v) is 4.07. The molecule has 5 nitrogen and oxygen atoms in total. The molecular weight excluding hydrogens is 304 g/mol. The van der Waals surface area contributed by atoms with Gasteiger partial charge in [0, 0.05) is 11.5 Å². The lowest BCUT2D eigenvalue weighted by molar-refractivity contribution is 0.108. The van der Waals surface area contributed by atoms with E-state index >= 15 is 0 Å². The zero-order valence-corrected chi connectivity index (χ0v) is 13.1. The number of aromatic nitrogens is 2. The minimum Gasteiger partial charge on any atom is -0.491 e. The van der Waals surface area contributed by atoms with Gasteiger partial charge in [-0.15, -0.1) is 0 Å². The molecule has 4 rings (SSSR count). The van der Waals surface area contributed by atoms with E-state index in [1.807, 2.05) is 54.6 Å². The predicted molar refractivity (Wildman–Crippen MR) is 88.6 cm³/mol. The van der Waals surface area contributed by atoms with Crippen LogP contribution in [0.3, 0.4) is 0 Å². The zero-order valence-electron chi connectivity index (χ0n) is 13.1. The van der Waals surface area contributed by atoms with Crippen LogP contribution in [0, 0.1) is 0 Å². The molecule has 1 aromatic heterocycles. The van der Waals surface area contributed by atoms with Crippen molar-refractivity contribution in [2.75, 3.05) is 6.61 Å². The van der Waals surface area contributed by atoms with Crippen molar-refractivity contribution < 1.29 is 14.4 Å². The molecule has 1 atom stereocenters. The lowest BCUT2D eigenvalue weighted by atomic mass is 10.1. The molecule has 1 aliphatic carbocycles. The molecule has 0 amide bonds. The maximum absolute atomic E-state index is 10.1. The van der Waals surface area contributed by atoms with Gasteiger partial charge in [0.1, 0.15) is 18.5 Å². The van der Waals surface area contributed by atoms with Gasteiger partial charge >= 0.3 is 0 Å². The molecule has 1 N–H and O–H groups in total. The van der Waals surface area contributed by atoms with Crippen LogP contribution in [0.5, 0.6) is 5.75 Å². The summed E-state index contributed by atoms with van der Waals surface area (Å²) < 4.78 is 10.9. The molecule has 122 valence electrons. The molecule has 24 heavy (non-hydrogen) atoms. The highest BCUT2D eigenvalue weighted by atomic mass is 16.5. The third-order valence-electron chi connectivity index (χ3n) is 4.07. The van der Waals surface area contributed by atoms with Gasteiger partial charge in [0.25, 0.3) is 0 Å². The first-order valence-corrected chi connectivity index (χ1v) is 8.09. The number of ether oxygens (including phenoxy) is 1. The number of hydrogen-bond acceptors (Lipinski definition) is 5. The molecule has 0 saturated heterocycles. The van der Waals surface area contributed by atoms with Crippen LogP contribution in [0.1, 0.15) is 36.3 Å². The Morgan fingerprint density at radius 2 is 1.83 bits per heavy atom. The minimum absolute atomic E-state index is 0.206. The van der Waals surface area contributed by atoms with Gasteiger partial charge in [-0.3, -0.25) is 0 Å². The van der Waals surface area contributed by atoms with Crippen molar-refractivity contribution in [1.29, 1.82) is 0 Å². The Morgan fingerprint density at radius 3 is 2.54 bits per heavy atom. The Hall–Kier alpha value is -2.66. The normalized spacial score (nSPS) is 15.2. The zero-order chi connectivity index (χ0) is 16.4. The summed E-state index contributed by atoms with van der Waals surface area (Å²) in [5, 5.41) is 14.1. The van der Waals surface area contributed by atoms with Gasteiger partial charge in [-0.25, -0.2) is 0 Å². The lowest BCUT2D eigenvalue weighted by Crippen LogP contribution is -2.09. The largest absolute Gasteiger partial charge is 0.491 e. The molecule has 3 aromatic rings. The highest BCUT2D eigenvalue weighted by Crippen LogP contribution is 2.39. The number of hydrogen-bond donors (Lipinski definition) is 1. The Labute approximate surface area is 139 Å².